The molecule has 0 spiro atoms. The lowest BCUT2D eigenvalue weighted by molar-refractivity contribution is 0.374. The van der Waals surface area contributed by atoms with E-state index < -0.39 is 0 Å². The fraction of sp³-hybridized carbons (Fsp3) is 0.643. The number of allylic oxidation sites excluding steroid dienone is 3. The molecule has 0 atom stereocenters. The fourth-order valence-electron chi connectivity index (χ4n) is 2.17. The van der Waals surface area contributed by atoms with Crippen molar-refractivity contribution in [2.24, 2.45) is 10.9 Å². The lowest BCUT2D eigenvalue weighted by Crippen LogP contribution is -2.27. The smallest absolute Gasteiger partial charge is 0.0277 e. The maximum absolute atomic E-state index is 4.16. The molecule has 2 heteroatoms. The molecule has 1 aliphatic heterocycles. The second-order valence-electron chi connectivity index (χ2n) is 4.52. The zero-order valence-corrected chi connectivity index (χ0v) is 10.6. The molecule has 1 saturated heterocycles. The van der Waals surface area contributed by atoms with Crippen LogP contribution in [0.2, 0.25) is 0 Å². The molecule has 0 bridgehead atoms. The van der Waals surface area contributed by atoms with Gasteiger partial charge >= 0.3 is 0 Å². The van der Waals surface area contributed by atoms with E-state index >= 15 is 0 Å². The van der Waals surface area contributed by atoms with Crippen LogP contribution < -0.4 is 5.32 Å². The van der Waals surface area contributed by atoms with Gasteiger partial charge in [-0.2, -0.15) is 0 Å². The van der Waals surface area contributed by atoms with Gasteiger partial charge in [0.15, 0.2) is 0 Å². The minimum atomic E-state index is 0.821. The summed E-state index contributed by atoms with van der Waals surface area (Å²) in [4.78, 5) is 4.06. The van der Waals surface area contributed by atoms with Crippen LogP contribution in [0.4, 0.5) is 0 Å². The van der Waals surface area contributed by atoms with Crippen LogP contribution in [0.3, 0.4) is 0 Å². The normalized spacial score (nSPS) is 19.2. The van der Waals surface area contributed by atoms with Crippen LogP contribution in [0.25, 0.3) is 0 Å². The van der Waals surface area contributed by atoms with Crippen molar-refractivity contribution in [2.45, 2.75) is 32.6 Å². The molecule has 1 N–H and O–H groups in total. The van der Waals surface area contributed by atoms with Crippen LogP contribution in [0, 0.1) is 5.92 Å². The van der Waals surface area contributed by atoms with E-state index in [0.29, 0.717) is 0 Å². The van der Waals surface area contributed by atoms with Crippen LogP contribution >= 0.6 is 0 Å². The Morgan fingerprint density at radius 2 is 2.12 bits per heavy atom. The lowest BCUT2D eigenvalue weighted by Gasteiger charge is -2.22. The molecule has 0 aromatic heterocycles. The topological polar surface area (TPSA) is 24.4 Å². The van der Waals surface area contributed by atoms with Gasteiger partial charge in [0.05, 0.1) is 0 Å². The van der Waals surface area contributed by atoms with Crippen LogP contribution in [-0.4, -0.2) is 26.4 Å². The van der Waals surface area contributed by atoms with E-state index in [1.807, 2.05) is 13.3 Å². The second kappa shape index (κ2) is 7.39. The number of rotatable bonds is 5. The summed E-state index contributed by atoms with van der Waals surface area (Å²) in [5.41, 5.74) is 2.53. The van der Waals surface area contributed by atoms with E-state index in [2.05, 4.69) is 29.9 Å². The minimum Gasteiger partial charge on any atom is -0.317 e. The number of hydrogen-bond acceptors (Lipinski definition) is 2. The van der Waals surface area contributed by atoms with E-state index in [9.17, 15) is 0 Å². The Kier molecular flexibility index (Phi) is 6.09. The van der Waals surface area contributed by atoms with Crippen molar-refractivity contribution in [2.75, 3.05) is 20.1 Å². The Hall–Kier alpha value is -0.890. The SMILES string of the molecule is C=C(/C=C(\C=N/C)CC)CC1CCNCC1. The third-order valence-electron chi connectivity index (χ3n) is 3.10. The van der Waals surface area contributed by atoms with E-state index in [1.54, 1.807) is 0 Å². The molecule has 0 radical (unpaired) electrons. The molecular formula is C14H24N2. The maximum Gasteiger partial charge on any atom is 0.0277 e. The number of nitrogens with zero attached hydrogens (tertiary/aromatic N) is 1. The molecule has 0 aliphatic carbocycles. The summed E-state index contributed by atoms with van der Waals surface area (Å²) in [7, 11) is 1.82. The predicted molar refractivity (Wildman–Crippen MR) is 72.1 cm³/mol. The number of nitrogens with one attached hydrogen (secondary N) is 1. The van der Waals surface area contributed by atoms with Gasteiger partial charge in [0, 0.05) is 13.3 Å². The van der Waals surface area contributed by atoms with Crippen molar-refractivity contribution in [3.8, 4) is 0 Å². The van der Waals surface area contributed by atoms with E-state index in [-0.39, 0.29) is 0 Å². The highest BCUT2D eigenvalue weighted by atomic mass is 14.9. The molecule has 90 valence electrons. The summed E-state index contributed by atoms with van der Waals surface area (Å²) in [6.45, 7) is 8.65. The quantitative estimate of drug-likeness (QED) is 0.559. The molecule has 0 aromatic rings. The molecule has 1 aliphatic rings. The zero-order valence-electron chi connectivity index (χ0n) is 10.6. The Morgan fingerprint density at radius 1 is 1.44 bits per heavy atom. The van der Waals surface area contributed by atoms with E-state index in [4.69, 9.17) is 0 Å². The van der Waals surface area contributed by atoms with Crippen LogP contribution in [-0.2, 0) is 0 Å². The summed E-state index contributed by atoms with van der Waals surface area (Å²) in [5.74, 6) is 0.821. The Labute approximate surface area is 99.5 Å². The van der Waals surface area contributed by atoms with Crippen molar-refractivity contribution in [1.29, 1.82) is 0 Å². The monoisotopic (exact) mass is 220 g/mol. The highest BCUT2D eigenvalue weighted by Crippen LogP contribution is 2.21. The van der Waals surface area contributed by atoms with Crippen molar-refractivity contribution < 1.29 is 0 Å². The number of aliphatic imine (C=N–C) groups is 1. The summed E-state index contributed by atoms with van der Waals surface area (Å²) < 4.78 is 0. The minimum absolute atomic E-state index is 0.821. The predicted octanol–water partition coefficient (Wildman–Crippen LogP) is 2.97. The Morgan fingerprint density at radius 3 is 2.69 bits per heavy atom. The third-order valence-corrected chi connectivity index (χ3v) is 3.10. The molecular weight excluding hydrogens is 196 g/mol. The number of hydrogen-bond donors (Lipinski definition) is 1. The molecule has 16 heavy (non-hydrogen) atoms. The van der Waals surface area contributed by atoms with E-state index in [0.717, 1.165) is 18.8 Å². The van der Waals surface area contributed by atoms with Gasteiger partial charge < -0.3 is 5.32 Å². The average molecular weight is 220 g/mol. The van der Waals surface area contributed by atoms with Gasteiger partial charge in [-0.1, -0.05) is 25.2 Å². The summed E-state index contributed by atoms with van der Waals surface area (Å²) in [5, 5.41) is 3.39. The molecule has 1 fully saturated rings. The fourth-order valence-corrected chi connectivity index (χ4v) is 2.17. The largest absolute Gasteiger partial charge is 0.317 e. The molecule has 1 heterocycles. The third kappa shape index (κ3) is 4.75. The van der Waals surface area contributed by atoms with Gasteiger partial charge in [0.25, 0.3) is 0 Å². The first-order valence-electron chi connectivity index (χ1n) is 6.27. The van der Waals surface area contributed by atoms with Crippen molar-refractivity contribution in [3.05, 3.63) is 23.8 Å². The average Bonchev–Trinajstić information content (AvgIpc) is 2.29. The molecule has 0 aromatic carbocycles. The van der Waals surface area contributed by atoms with Gasteiger partial charge in [-0.05, 0) is 50.3 Å². The first-order chi connectivity index (χ1) is 7.76. The van der Waals surface area contributed by atoms with Gasteiger partial charge in [0.1, 0.15) is 0 Å². The highest BCUT2D eigenvalue weighted by molar-refractivity contribution is 5.79. The van der Waals surface area contributed by atoms with Crippen molar-refractivity contribution in [3.63, 3.8) is 0 Å². The summed E-state index contributed by atoms with van der Waals surface area (Å²) in [6, 6.07) is 0. The zero-order chi connectivity index (χ0) is 11.8. The van der Waals surface area contributed by atoms with Gasteiger partial charge in [-0.15, -0.1) is 0 Å². The van der Waals surface area contributed by atoms with Gasteiger partial charge in [-0.3, -0.25) is 4.99 Å². The van der Waals surface area contributed by atoms with Crippen LogP contribution in [0.1, 0.15) is 32.6 Å². The van der Waals surface area contributed by atoms with Crippen LogP contribution in [0.5, 0.6) is 0 Å². The van der Waals surface area contributed by atoms with E-state index in [1.165, 1.54) is 37.1 Å². The van der Waals surface area contributed by atoms with Crippen molar-refractivity contribution >= 4 is 6.21 Å². The standard InChI is InChI=1S/C14H24N2/c1-4-13(11-15-3)9-12(2)10-14-5-7-16-8-6-14/h9,11,14,16H,2,4-8,10H2,1,3H3/b13-9-,15-11-. The first-order valence-corrected chi connectivity index (χ1v) is 6.27. The van der Waals surface area contributed by atoms with Crippen LogP contribution in [0.15, 0.2) is 28.8 Å². The molecule has 0 saturated carbocycles. The highest BCUT2D eigenvalue weighted by Gasteiger charge is 2.13. The summed E-state index contributed by atoms with van der Waals surface area (Å²) >= 11 is 0. The number of piperidine rings is 1. The Bertz CT molecular complexity index is 270. The molecule has 2 nitrogen and oxygen atoms in total. The molecule has 0 unspecified atom stereocenters. The van der Waals surface area contributed by atoms with Gasteiger partial charge in [0.2, 0.25) is 0 Å². The maximum atomic E-state index is 4.16. The van der Waals surface area contributed by atoms with Gasteiger partial charge in [-0.25, -0.2) is 0 Å². The summed E-state index contributed by atoms with van der Waals surface area (Å²) in [6.07, 6.45) is 8.89. The molecule has 0 amide bonds. The second-order valence-corrected chi connectivity index (χ2v) is 4.52. The Balaban J connectivity index is 2.44. The first kappa shape index (κ1) is 13.2. The molecule has 1 rings (SSSR count). The lowest BCUT2D eigenvalue weighted by atomic mass is 9.90. The van der Waals surface area contributed by atoms with Crippen molar-refractivity contribution in [1.82, 2.24) is 5.32 Å².